The number of pyridine rings is 1. The zero-order valence-corrected chi connectivity index (χ0v) is 20.2. The first kappa shape index (κ1) is 22.8. The number of carbonyl (C=O) groups is 1. The molecule has 1 amide bonds. The van der Waals surface area contributed by atoms with Crippen LogP contribution in [0.3, 0.4) is 0 Å². The molecule has 0 spiro atoms. The van der Waals surface area contributed by atoms with Gasteiger partial charge in [-0.15, -0.1) is 10.2 Å². The molecule has 0 atom stereocenters. The van der Waals surface area contributed by atoms with Gasteiger partial charge in [0.2, 0.25) is 0 Å². The molecule has 4 aromatic rings. The molecule has 2 aromatic carbocycles. The fourth-order valence-electron chi connectivity index (χ4n) is 2.86. The fourth-order valence-corrected chi connectivity index (χ4v) is 4.34. The molecule has 10 nitrogen and oxygen atoms in total. The largest absolute Gasteiger partial charge is 0.457 e. The van der Waals surface area contributed by atoms with Gasteiger partial charge in [-0.25, -0.2) is 18.1 Å². The van der Waals surface area contributed by atoms with E-state index < -0.39 is 10.0 Å². The van der Waals surface area contributed by atoms with Crippen molar-refractivity contribution in [2.45, 2.75) is 9.32 Å². The molecule has 0 aliphatic carbocycles. The Morgan fingerprint density at radius 1 is 1.03 bits per heavy atom. The van der Waals surface area contributed by atoms with E-state index in [1.165, 1.54) is 25.4 Å². The number of alkyl halides is 1. The molecule has 168 valence electrons. The van der Waals surface area contributed by atoms with Gasteiger partial charge in [0, 0.05) is 29.8 Å². The van der Waals surface area contributed by atoms with Crippen LogP contribution in [0, 0.1) is 0 Å². The van der Waals surface area contributed by atoms with Gasteiger partial charge < -0.3 is 10.1 Å². The third kappa shape index (κ3) is 5.34. The van der Waals surface area contributed by atoms with Crippen LogP contribution in [0.5, 0.6) is 11.5 Å². The van der Waals surface area contributed by atoms with E-state index in [0.717, 1.165) is 5.56 Å². The fraction of sp³-hybridized carbons (Fsp3) is 0.0952. The number of benzene rings is 2. The van der Waals surface area contributed by atoms with Gasteiger partial charge in [-0.3, -0.25) is 9.78 Å². The normalized spacial score (nSPS) is 11.2. The number of hydrogen-bond acceptors (Lipinski definition) is 8. The number of ether oxygens (including phenoxy) is 1. The van der Waals surface area contributed by atoms with Gasteiger partial charge in [-0.05, 0) is 35.9 Å². The Morgan fingerprint density at radius 2 is 1.85 bits per heavy atom. The summed E-state index contributed by atoms with van der Waals surface area (Å²) in [5.41, 5.74) is 1.94. The maximum absolute atomic E-state index is 12.7. The number of halogens is 1. The van der Waals surface area contributed by atoms with Crippen LogP contribution in [-0.2, 0) is 14.5 Å². The summed E-state index contributed by atoms with van der Waals surface area (Å²) in [5, 5.41) is 10.4. The summed E-state index contributed by atoms with van der Waals surface area (Å²) >= 11 is 2.17. The third-order valence-electron chi connectivity index (χ3n) is 4.44. The second-order valence-electron chi connectivity index (χ2n) is 6.73. The molecular weight excluding hydrogens is 559 g/mol. The molecule has 0 fully saturated rings. The Kier molecular flexibility index (Phi) is 6.65. The maximum Gasteiger partial charge on any atom is 0.269 e. The Morgan fingerprint density at radius 3 is 2.64 bits per heavy atom. The first-order chi connectivity index (χ1) is 15.9. The van der Waals surface area contributed by atoms with Gasteiger partial charge in [-0.2, -0.15) is 0 Å². The number of carbonyl (C=O) groups excluding carboxylic acids is 1. The van der Waals surface area contributed by atoms with Gasteiger partial charge in [0.25, 0.3) is 21.9 Å². The lowest BCUT2D eigenvalue weighted by atomic mass is 10.2. The van der Waals surface area contributed by atoms with Gasteiger partial charge in [0.1, 0.15) is 22.7 Å². The summed E-state index contributed by atoms with van der Waals surface area (Å²) in [7, 11) is -2.34. The van der Waals surface area contributed by atoms with Gasteiger partial charge in [0.15, 0.2) is 0 Å². The zero-order valence-electron chi connectivity index (χ0n) is 17.2. The van der Waals surface area contributed by atoms with E-state index in [0.29, 0.717) is 27.0 Å². The molecule has 0 radical (unpaired) electrons. The summed E-state index contributed by atoms with van der Waals surface area (Å²) in [4.78, 5) is 20.1. The Balaban J connectivity index is 1.55. The van der Waals surface area contributed by atoms with E-state index in [4.69, 9.17) is 4.74 Å². The summed E-state index contributed by atoms with van der Waals surface area (Å²) in [6.45, 7) is 0. The average Bonchev–Trinajstić information content (AvgIpc) is 2.83. The van der Waals surface area contributed by atoms with Crippen molar-refractivity contribution in [1.29, 1.82) is 0 Å². The second kappa shape index (κ2) is 9.62. The number of nitrogens with zero attached hydrogens (tertiary/aromatic N) is 4. The van der Waals surface area contributed by atoms with Crippen molar-refractivity contribution in [2.75, 3.05) is 11.8 Å². The van der Waals surface area contributed by atoms with Gasteiger partial charge in [0.05, 0.1) is 10.4 Å². The van der Waals surface area contributed by atoms with Crippen molar-refractivity contribution in [3.05, 3.63) is 72.1 Å². The van der Waals surface area contributed by atoms with E-state index in [1.54, 1.807) is 36.4 Å². The first-order valence-corrected chi connectivity index (χ1v) is 12.6. The molecule has 0 unspecified atom stereocenters. The minimum Gasteiger partial charge on any atom is -0.457 e. The number of fused-ring (bicyclic) bond motifs is 1. The lowest BCUT2D eigenvalue weighted by Gasteiger charge is -2.09. The first-order valence-electron chi connectivity index (χ1n) is 9.56. The summed E-state index contributed by atoms with van der Waals surface area (Å²) < 4.78 is 34.2. The molecule has 12 heteroatoms. The number of aromatic nitrogens is 4. The summed E-state index contributed by atoms with van der Waals surface area (Å²) in [6.07, 6.45) is 1.47. The standard InChI is InChI=1S/C21H17IN6O4S/c1-23-20(29)19-11-15(7-8-24-19)32-14-5-6-17-18(10-14)26-27-21(25-17)28-33(30,31)16-4-2-3-13(9-16)12-22/h2-11H,12H2,1H3,(H,23,29)(H,25,27,28). The van der Waals surface area contributed by atoms with Crippen LogP contribution in [0.2, 0.25) is 0 Å². The number of anilines is 1. The highest BCUT2D eigenvalue weighted by Gasteiger charge is 2.17. The third-order valence-corrected chi connectivity index (χ3v) is 6.65. The van der Waals surface area contributed by atoms with Crippen molar-refractivity contribution in [1.82, 2.24) is 25.5 Å². The van der Waals surface area contributed by atoms with Crippen LogP contribution < -0.4 is 14.8 Å². The maximum atomic E-state index is 12.7. The van der Waals surface area contributed by atoms with Crippen molar-refractivity contribution in [3.8, 4) is 11.5 Å². The smallest absolute Gasteiger partial charge is 0.269 e. The molecule has 0 saturated heterocycles. The predicted molar refractivity (Wildman–Crippen MR) is 130 cm³/mol. The van der Waals surface area contributed by atoms with Gasteiger partial charge in [-0.1, -0.05) is 34.7 Å². The number of amides is 1. The Labute approximate surface area is 203 Å². The highest BCUT2D eigenvalue weighted by molar-refractivity contribution is 14.1. The molecule has 0 aliphatic rings. The lowest BCUT2D eigenvalue weighted by Crippen LogP contribution is -2.18. The Hall–Kier alpha value is -3.39. The molecule has 0 aliphatic heterocycles. The minimum atomic E-state index is -3.86. The molecule has 2 heterocycles. The van der Waals surface area contributed by atoms with E-state index >= 15 is 0 Å². The van der Waals surface area contributed by atoms with Crippen LogP contribution in [0.4, 0.5) is 5.95 Å². The monoisotopic (exact) mass is 576 g/mol. The summed E-state index contributed by atoms with van der Waals surface area (Å²) in [5.74, 6) is 0.393. The molecule has 2 N–H and O–H groups in total. The number of nitrogens with one attached hydrogen (secondary N) is 2. The zero-order chi connectivity index (χ0) is 23.4. The quantitative estimate of drug-likeness (QED) is 0.253. The molecule has 0 bridgehead atoms. The van der Waals surface area contributed by atoms with Crippen molar-refractivity contribution >= 4 is 55.5 Å². The van der Waals surface area contributed by atoms with Crippen molar-refractivity contribution in [3.63, 3.8) is 0 Å². The van der Waals surface area contributed by atoms with Crippen LogP contribution in [0.1, 0.15) is 16.1 Å². The van der Waals surface area contributed by atoms with E-state index in [-0.39, 0.29) is 22.4 Å². The molecular formula is C21H17IN6O4S. The van der Waals surface area contributed by atoms with E-state index in [1.807, 2.05) is 6.07 Å². The Bertz CT molecular complexity index is 1450. The van der Waals surface area contributed by atoms with Gasteiger partial charge >= 0.3 is 0 Å². The van der Waals surface area contributed by atoms with Crippen LogP contribution in [-0.4, -0.2) is 41.5 Å². The second-order valence-corrected chi connectivity index (χ2v) is 9.18. The topological polar surface area (TPSA) is 136 Å². The van der Waals surface area contributed by atoms with Crippen LogP contribution in [0.25, 0.3) is 11.0 Å². The SMILES string of the molecule is CNC(=O)c1cc(Oc2ccc3nc(NS(=O)(=O)c4cccc(CI)c4)nnc3c2)ccn1. The number of hydrogen-bond donors (Lipinski definition) is 2. The summed E-state index contributed by atoms with van der Waals surface area (Å²) in [6, 6.07) is 14.7. The van der Waals surface area contributed by atoms with E-state index in [2.05, 4.69) is 52.8 Å². The van der Waals surface area contributed by atoms with Crippen molar-refractivity contribution < 1.29 is 17.9 Å². The highest BCUT2D eigenvalue weighted by Crippen LogP contribution is 2.25. The number of rotatable bonds is 7. The molecule has 0 saturated carbocycles. The minimum absolute atomic E-state index is 0.123. The lowest BCUT2D eigenvalue weighted by molar-refractivity contribution is 0.0958. The highest BCUT2D eigenvalue weighted by atomic mass is 127. The van der Waals surface area contributed by atoms with Crippen LogP contribution in [0.15, 0.2) is 65.7 Å². The number of sulfonamides is 1. The van der Waals surface area contributed by atoms with Crippen molar-refractivity contribution in [2.24, 2.45) is 0 Å². The molecule has 33 heavy (non-hydrogen) atoms. The molecule has 4 rings (SSSR count). The average molecular weight is 576 g/mol. The van der Waals surface area contributed by atoms with Crippen LogP contribution >= 0.6 is 22.6 Å². The van der Waals surface area contributed by atoms with E-state index in [9.17, 15) is 13.2 Å². The predicted octanol–water partition coefficient (Wildman–Crippen LogP) is 3.31. The molecule has 2 aromatic heterocycles.